The summed E-state index contributed by atoms with van der Waals surface area (Å²) in [5.41, 5.74) is -1.98. The summed E-state index contributed by atoms with van der Waals surface area (Å²) in [6, 6.07) is 0. The molecule has 1 saturated heterocycles. The molecule has 0 N–H and O–H groups in total. The van der Waals surface area contributed by atoms with E-state index in [9.17, 15) is 14.4 Å². The molecule has 10 heteroatoms. The first-order valence-electron chi connectivity index (χ1n) is 13.0. The molecule has 0 aromatic rings. The van der Waals surface area contributed by atoms with E-state index in [1.165, 1.54) is 4.90 Å². The largest absolute Gasteiger partial charge is 0.444 e. The minimum Gasteiger partial charge on any atom is -0.444 e. The highest BCUT2D eigenvalue weighted by atomic mass is 16.6. The Bertz CT molecular complexity index is 785. The lowest BCUT2D eigenvalue weighted by atomic mass is 10.2. The second-order valence-electron chi connectivity index (χ2n) is 12.1. The van der Waals surface area contributed by atoms with Crippen molar-refractivity contribution in [2.24, 2.45) is 0 Å². The van der Waals surface area contributed by atoms with Crippen LogP contribution in [0.1, 0.15) is 69.2 Å². The van der Waals surface area contributed by atoms with Gasteiger partial charge in [-0.2, -0.15) is 0 Å². The van der Waals surface area contributed by atoms with Gasteiger partial charge in [0.2, 0.25) is 0 Å². The molecule has 0 aromatic heterocycles. The van der Waals surface area contributed by atoms with Crippen molar-refractivity contribution < 1.29 is 28.6 Å². The molecule has 0 spiro atoms. The van der Waals surface area contributed by atoms with E-state index in [0.29, 0.717) is 32.7 Å². The Hall–Kier alpha value is -2.67. The van der Waals surface area contributed by atoms with Crippen molar-refractivity contribution in [3.8, 4) is 11.8 Å². The zero-order chi connectivity index (χ0) is 28.4. The highest BCUT2D eigenvalue weighted by Gasteiger charge is 2.29. The fraction of sp³-hybridized carbons (Fsp3) is 0.815. The molecule has 212 valence electrons. The fourth-order valence-corrected chi connectivity index (χ4v) is 3.33. The molecular formula is C27H48N4O6. The normalized spacial score (nSPS) is 17.1. The fourth-order valence-electron chi connectivity index (χ4n) is 3.33. The Morgan fingerprint density at radius 2 is 0.838 bits per heavy atom. The minimum atomic E-state index is -0.683. The maximum Gasteiger partial charge on any atom is 0.410 e. The quantitative estimate of drug-likeness (QED) is 0.378. The Labute approximate surface area is 223 Å². The number of carbonyl (C=O) groups excluding carboxylic acids is 3. The number of rotatable bonds is 1. The van der Waals surface area contributed by atoms with Crippen molar-refractivity contribution in [3.05, 3.63) is 0 Å². The van der Waals surface area contributed by atoms with Crippen molar-refractivity contribution in [1.29, 1.82) is 0 Å². The van der Waals surface area contributed by atoms with Crippen molar-refractivity contribution in [1.82, 2.24) is 19.6 Å². The van der Waals surface area contributed by atoms with E-state index in [0.717, 1.165) is 0 Å². The maximum atomic E-state index is 13.0. The molecule has 0 atom stereocenters. The van der Waals surface area contributed by atoms with Gasteiger partial charge in [0.05, 0.1) is 6.54 Å². The minimum absolute atomic E-state index is 0.227. The van der Waals surface area contributed by atoms with Gasteiger partial charge in [0.15, 0.2) is 0 Å². The van der Waals surface area contributed by atoms with Crippen molar-refractivity contribution >= 4 is 18.3 Å². The predicted octanol–water partition coefficient (Wildman–Crippen LogP) is 4.04. The van der Waals surface area contributed by atoms with E-state index in [2.05, 4.69) is 16.7 Å². The maximum absolute atomic E-state index is 13.0. The molecule has 10 nitrogen and oxygen atoms in total. The monoisotopic (exact) mass is 524 g/mol. The van der Waals surface area contributed by atoms with Crippen LogP contribution in [0.15, 0.2) is 0 Å². The molecule has 1 aliphatic heterocycles. The van der Waals surface area contributed by atoms with Crippen LogP contribution in [0.4, 0.5) is 14.4 Å². The molecule has 0 bridgehead atoms. The average molecular weight is 525 g/mol. The second kappa shape index (κ2) is 13.8. The molecule has 0 saturated carbocycles. The topological polar surface area (TPSA) is 91.9 Å². The second-order valence-corrected chi connectivity index (χ2v) is 12.1. The van der Waals surface area contributed by atoms with Crippen LogP contribution >= 0.6 is 0 Å². The molecule has 37 heavy (non-hydrogen) atoms. The van der Waals surface area contributed by atoms with E-state index in [1.807, 2.05) is 41.5 Å². The van der Waals surface area contributed by atoms with E-state index in [-0.39, 0.29) is 26.2 Å². The SMILES string of the molecule is CC#CCN1CCN(C(=O)OC(C)(C)C)CCN(C(=O)OC(C)(C)C)CCN(C(=O)OC(C)(C)C)CC1. The smallest absolute Gasteiger partial charge is 0.410 e. The van der Waals surface area contributed by atoms with Gasteiger partial charge >= 0.3 is 18.3 Å². The lowest BCUT2D eigenvalue weighted by Crippen LogP contribution is -2.51. The van der Waals surface area contributed by atoms with Crippen LogP contribution in [0, 0.1) is 11.8 Å². The van der Waals surface area contributed by atoms with Crippen molar-refractivity contribution in [3.63, 3.8) is 0 Å². The Morgan fingerprint density at radius 1 is 0.568 bits per heavy atom. The molecule has 0 radical (unpaired) electrons. The molecule has 1 rings (SSSR count). The van der Waals surface area contributed by atoms with E-state index >= 15 is 0 Å². The Morgan fingerprint density at radius 3 is 1.08 bits per heavy atom. The third kappa shape index (κ3) is 14.0. The molecule has 0 unspecified atom stereocenters. The first kappa shape index (κ1) is 32.4. The molecule has 3 amide bonds. The van der Waals surface area contributed by atoms with Crippen molar-refractivity contribution in [2.45, 2.75) is 86.0 Å². The third-order valence-corrected chi connectivity index (χ3v) is 5.09. The highest BCUT2D eigenvalue weighted by molar-refractivity contribution is 5.70. The summed E-state index contributed by atoms with van der Waals surface area (Å²) >= 11 is 0. The summed E-state index contributed by atoms with van der Waals surface area (Å²) in [5.74, 6) is 5.98. The molecule has 1 heterocycles. The van der Waals surface area contributed by atoms with E-state index in [1.54, 1.807) is 37.5 Å². The van der Waals surface area contributed by atoms with Crippen LogP contribution in [0.25, 0.3) is 0 Å². The summed E-state index contributed by atoms with van der Waals surface area (Å²) in [6.07, 6.45) is -1.38. The van der Waals surface area contributed by atoms with Crippen LogP contribution in [0.3, 0.4) is 0 Å². The van der Waals surface area contributed by atoms with E-state index < -0.39 is 35.1 Å². The van der Waals surface area contributed by atoms with Gasteiger partial charge in [0.25, 0.3) is 0 Å². The van der Waals surface area contributed by atoms with Gasteiger partial charge in [0.1, 0.15) is 16.8 Å². The lowest BCUT2D eigenvalue weighted by Gasteiger charge is -2.35. The van der Waals surface area contributed by atoms with Gasteiger partial charge in [-0.05, 0) is 69.2 Å². The molecule has 0 aliphatic carbocycles. The number of hydrogen-bond acceptors (Lipinski definition) is 7. The summed E-state index contributed by atoms with van der Waals surface area (Å²) in [7, 11) is 0. The van der Waals surface area contributed by atoms with Gasteiger partial charge in [-0.3, -0.25) is 4.90 Å². The number of nitrogens with zero attached hydrogens (tertiary/aromatic N) is 4. The molecule has 0 aromatic carbocycles. The predicted molar refractivity (Wildman–Crippen MR) is 143 cm³/mol. The van der Waals surface area contributed by atoms with E-state index in [4.69, 9.17) is 14.2 Å². The van der Waals surface area contributed by atoms with Crippen molar-refractivity contribution in [2.75, 3.05) is 58.9 Å². The number of hydrogen-bond donors (Lipinski definition) is 0. The standard InChI is InChI=1S/C27H48N4O6/c1-11-12-13-28-14-16-29(22(32)35-25(2,3)4)18-20-31(24(34)37-27(8,9)10)21-19-30(17-15-28)23(33)36-26(5,6)7/h13-21H2,1-10H3. The van der Waals surface area contributed by atoms with Crippen LogP contribution in [-0.4, -0.2) is 114 Å². The van der Waals surface area contributed by atoms with Gasteiger partial charge < -0.3 is 28.9 Å². The highest BCUT2D eigenvalue weighted by Crippen LogP contribution is 2.14. The molecule has 1 fully saturated rings. The third-order valence-electron chi connectivity index (χ3n) is 5.09. The zero-order valence-corrected chi connectivity index (χ0v) is 24.6. The first-order valence-corrected chi connectivity index (χ1v) is 13.0. The van der Waals surface area contributed by atoms with Gasteiger partial charge in [0, 0.05) is 52.4 Å². The van der Waals surface area contributed by atoms with Crippen LogP contribution in [0.5, 0.6) is 0 Å². The van der Waals surface area contributed by atoms with Gasteiger partial charge in [-0.15, -0.1) is 5.92 Å². The van der Waals surface area contributed by atoms with Crippen LogP contribution in [0.2, 0.25) is 0 Å². The first-order chi connectivity index (χ1) is 16.9. The lowest BCUT2D eigenvalue weighted by molar-refractivity contribution is 0.00506. The summed E-state index contributed by atoms with van der Waals surface area (Å²) in [4.78, 5) is 45.8. The molecular weight excluding hydrogens is 476 g/mol. The summed E-state index contributed by atoms with van der Waals surface area (Å²) in [5, 5.41) is 0. The number of carbonyl (C=O) groups is 3. The van der Waals surface area contributed by atoms with Crippen LogP contribution < -0.4 is 0 Å². The molecule has 1 aliphatic rings. The van der Waals surface area contributed by atoms with Gasteiger partial charge in [-0.1, -0.05) is 5.92 Å². The zero-order valence-electron chi connectivity index (χ0n) is 24.6. The van der Waals surface area contributed by atoms with Crippen LogP contribution in [-0.2, 0) is 14.2 Å². The number of amides is 3. The van der Waals surface area contributed by atoms with Gasteiger partial charge in [-0.25, -0.2) is 14.4 Å². The summed E-state index contributed by atoms with van der Waals surface area (Å²) in [6.45, 7) is 21.4. The Balaban J connectivity index is 3.24. The number of ether oxygens (including phenoxy) is 3. The summed E-state index contributed by atoms with van der Waals surface area (Å²) < 4.78 is 16.9. The Kier molecular flexibility index (Phi) is 12.0. The average Bonchev–Trinajstić information content (AvgIpc) is 2.69.